The first-order valence-electron chi connectivity index (χ1n) is 11.6. The first-order valence-corrected chi connectivity index (χ1v) is 11.6. The normalized spacial score (nSPS) is 14.8. The van der Waals surface area contributed by atoms with Crippen molar-refractivity contribution in [2.24, 2.45) is 5.92 Å². The lowest BCUT2D eigenvalue weighted by molar-refractivity contribution is -0.125. The van der Waals surface area contributed by atoms with Crippen molar-refractivity contribution in [1.29, 1.82) is 0 Å². The number of halogens is 1. The molecule has 1 saturated heterocycles. The quantitative estimate of drug-likeness (QED) is 0.469. The lowest BCUT2D eigenvalue weighted by Gasteiger charge is -2.33. The molecule has 0 saturated carbocycles. The molecule has 4 aromatic rings. The Labute approximate surface area is 192 Å². The molecule has 1 aliphatic rings. The van der Waals surface area contributed by atoms with E-state index in [-0.39, 0.29) is 17.6 Å². The van der Waals surface area contributed by atoms with Crippen LogP contribution in [0.25, 0.3) is 21.9 Å². The summed E-state index contributed by atoms with van der Waals surface area (Å²) in [5.41, 5.74) is 3.83. The molecule has 0 radical (unpaired) electrons. The summed E-state index contributed by atoms with van der Waals surface area (Å²) in [6, 6.07) is 14.7. The highest BCUT2D eigenvalue weighted by Crippen LogP contribution is 2.30. The number of amides is 1. The zero-order valence-corrected chi connectivity index (χ0v) is 18.8. The van der Waals surface area contributed by atoms with Gasteiger partial charge in [0.25, 0.3) is 0 Å². The highest BCUT2D eigenvalue weighted by Gasteiger charge is 2.26. The molecule has 1 aliphatic heterocycles. The number of nitrogens with zero attached hydrogens (tertiary/aromatic N) is 4. The second-order valence-electron chi connectivity index (χ2n) is 8.64. The lowest BCUT2D eigenvalue weighted by atomic mass is 9.95. The highest BCUT2D eigenvalue weighted by molar-refractivity contribution is 5.91. The second-order valence-corrected chi connectivity index (χ2v) is 8.64. The number of anilines is 1. The zero-order chi connectivity index (χ0) is 22.8. The minimum absolute atomic E-state index is 0.0323. The van der Waals surface area contributed by atoms with E-state index in [0.717, 1.165) is 72.3 Å². The van der Waals surface area contributed by atoms with Gasteiger partial charge in [0.2, 0.25) is 5.91 Å². The number of benzene rings is 2. The summed E-state index contributed by atoms with van der Waals surface area (Å²) in [5, 5.41) is 3.93. The number of imidazole rings is 1. The average molecular weight is 446 g/mol. The zero-order valence-electron chi connectivity index (χ0n) is 18.8. The molecular formula is C26H28FN5O. The second kappa shape index (κ2) is 9.17. The van der Waals surface area contributed by atoms with Crippen molar-refractivity contribution in [2.45, 2.75) is 39.3 Å². The van der Waals surface area contributed by atoms with Crippen LogP contribution in [-0.2, 0) is 17.9 Å². The molecule has 0 unspecified atom stereocenters. The molecule has 2 aromatic carbocycles. The number of carbonyl (C=O) groups excluding carboxylic acids is 1. The van der Waals surface area contributed by atoms with E-state index in [1.807, 2.05) is 24.3 Å². The minimum atomic E-state index is -0.264. The Morgan fingerprint density at radius 1 is 1.12 bits per heavy atom. The maximum Gasteiger partial charge on any atom is 0.223 e. The summed E-state index contributed by atoms with van der Waals surface area (Å²) in [6.45, 7) is 4.96. The van der Waals surface area contributed by atoms with Gasteiger partial charge in [-0.05, 0) is 55.7 Å². The summed E-state index contributed by atoms with van der Waals surface area (Å²) in [7, 11) is 0. The molecule has 0 spiro atoms. The van der Waals surface area contributed by atoms with Crippen molar-refractivity contribution < 1.29 is 9.18 Å². The molecule has 33 heavy (non-hydrogen) atoms. The molecule has 1 amide bonds. The van der Waals surface area contributed by atoms with Crippen LogP contribution in [0.5, 0.6) is 0 Å². The molecule has 0 atom stereocenters. The smallest absolute Gasteiger partial charge is 0.223 e. The Balaban J connectivity index is 1.24. The lowest BCUT2D eigenvalue weighted by Crippen LogP contribution is -2.40. The third-order valence-electron chi connectivity index (χ3n) is 6.49. The summed E-state index contributed by atoms with van der Waals surface area (Å²) in [6.07, 6.45) is 4.29. The summed E-state index contributed by atoms with van der Waals surface area (Å²) in [5.74, 6) is 0.680. The van der Waals surface area contributed by atoms with Crippen LogP contribution < -0.4 is 10.2 Å². The van der Waals surface area contributed by atoms with Crippen LogP contribution in [0, 0.1) is 11.7 Å². The number of nitrogens with one attached hydrogen (secondary N) is 1. The number of pyridine rings is 1. The highest BCUT2D eigenvalue weighted by atomic mass is 19.1. The Morgan fingerprint density at radius 2 is 1.94 bits per heavy atom. The fraction of sp³-hybridized carbons (Fsp3) is 0.346. The Kier molecular flexibility index (Phi) is 5.94. The minimum Gasteiger partial charge on any atom is -0.371 e. The number of carbonyl (C=O) groups is 1. The van der Waals surface area contributed by atoms with Gasteiger partial charge >= 0.3 is 0 Å². The number of aryl methyl sites for hydroxylation is 1. The Bertz CT molecular complexity index is 1290. The maximum atomic E-state index is 13.8. The van der Waals surface area contributed by atoms with E-state index < -0.39 is 0 Å². The van der Waals surface area contributed by atoms with Crippen molar-refractivity contribution >= 4 is 33.5 Å². The molecule has 2 aromatic heterocycles. The molecule has 1 N–H and O–H groups in total. The Hall–Kier alpha value is -3.48. The van der Waals surface area contributed by atoms with Crippen LogP contribution in [-0.4, -0.2) is 33.5 Å². The van der Waals surface area contributed by atoms with Gasteiger partial charge in [-0.15, -0.1) is 0 Å². The van der Waals surface area contributed by atoms with Crippen LogP contribution in [0.3, 0.4) is 0 Å². The van der Waals surface area contributed by atoms with E-state index in [1.165, 1.54) is 6.07 Å². The average Bonchev–Trinajstić information content (AvgIpc) is 3.20. The molecule has 0 bridgehead atoms. The van der Waals surface area contributed by atoms with E-state index in [1.54, 1.807) is 18.3 Å². The molecule has 3 heterocycles. The number of para-hydroxylation sites is 2. The van der Waals surface area contributed by atoms with Crippen LogP contribution >= 0.6 is 0 Å². The standard InChI is InChI=1S/C26H28FN5O/c1-2-13-32-24-6-4-3-5-22(24)30-25(32)17-29-26(33)18-10-14-31(15-11-18)23-9-12-28-21-8-7-19(27)16-20(21)23/h3-9,12,16,18H,2,10-11,13-15,17H2,1H3,(H,29,33). The third kappa shape index (κ3) is 4.27. The van der Waals surface area contributed by atoms with Crippen molar-refractivity contribution in [3.63, 3.8) is 0 Å². The van der Waals surface area contributed by atoms with Crippen LogP contribution in [0.15, 0.2) is 54.7 Å². The van der Waals surface area contributed by atoms with Crippen molar-refractivity contribution in [3.8, 4) is 0 Å². The maximum absolute atomic E-state index is 13.8. The molecule has 6 nitrogen and oxygen atoms in total. The van der Waals surface area contributed by atoms with Gasteiger partial charge in [-0.2, -0.15) is 0 Å². The van der Waals surface area contributed by atoms with Gasteiger partial charge in [0.1, 0.15) is 11.6 Å². The Morgan fingerprint density at radius 3 is 2.76 bits per heavy atom. The SMILES string of the molecule is CCCn1c(CNC(=O)C2CCN(c3ccnc4ccc(F)cc34)CC2)nc2ccccc21. The first-order chi connectivity index (χ1) is 16.1. The van der Waals surface area contributed by atoms with Crippen molar-refractivity contribution in [3.05, 3.63) is 66.4 Å². The molecular weight excluding hydrogens is 417 g/mol. The van der Waals surface area contributed by atoms with Gasteiger partial charge in [0.15, 0.2) is 0 Å². The summed E-state index contributed by atoms with van der Waals surface area (Å²) in [4.78, 5) is 24.2. The van der Waals surface area contributed by atoms with Crippen molar-refractivity contribution in [1.82, 2.24) is 19.9 Å². The molecule has 1 fully saturated rings. The van der Waals surface area contributed by atoms with Crippen molar-refractivity contribution in [2.75, 3.05) is 18.0 Å². The summed E-state index contributed by atoms with van der Waals surface area (Å²) < 4.78 is 16.0. The fourth-order valence-corrected chi connectivity index (χ4v) is 4.81. The fourth-order valence-electron chi connectivity index (χ4n) is 4.81. The predicted molar refractivity (Wildman–Crippen MR) is 129 cm³/mol. The molecule has 0 aliphatic carbocycles. The molecule has 170 valence electrons. The van der Waals surface area contributed by atoms with E-state index in [2.05, 4.69) is 32.8 Å². The largest absolute Gasteiger partial charge is 0.371 e. The van der Waals surface area contributed by atoms with E-state index >= 15 is 0 Å². The number of fused-ring (bicyclic) bond motifs is 2. The number of rotatable bonds is 6. The van der Waals surface area contributed by atoms with Gasteiger partial charge in [-0.25, -0.2) is 9.37 Å². The van der Waals surface area contributed by atoms with E-state index in [4.69, 9.17) is 4.98 Å². The van der Waals surface area contributed by atoms with Crippen LogP contribution in [0.4, 0.5) is 10.1 Å². The monoisotopic (exact) mass is 445 g/mol. The summed E-state index contributed by atoms with van der Waals surface area (Å²) >= 11 is 0. The molecule has 7 heteroatoms. The molecule has 5 rings (SSSR count). The van der Waals surface area contributed by atoms with Gasteiger partial charge < -0.3 is 14.8 Å². The van der Waals surface area contributed by atoms with Crippen LogP contribution in [0.2, 0.25) is 0 Å². The van der Waals surface area contributed by atoms with Crippen LogP contribution in [0.1, 0.15) is 32.0 Å². The number of hydrogen-bond acceptors (Lipinski definition) is 4. The van der Waals surface area contributed by atoms with Gasteiger partial charge in [-0.1, -0.05) is 19.1 Å². The van der Waals surface area contributed by atoms with Gasteiger partial charge in [0, 0.05) is 42.8 Å². The van der Waals surface area contributed by atoms with Gasteiger partial charge in [0.05, 0.1) is 23.1 Å². The van der Waals surface area contributed by atoms with E-state index in [9.17, 15) is 9.18 Å². The van der Waals surface area contributed by atoms with Gasteiger partial charge in [-0.3, -0.25) is 9.78 Å². The number of aromatic nitrogens is 3. The predicted octanol–water partition coefficient (Wildman–Crippen LogP) is 4.67. The first kappa shape index (κ1) is 21.4. The third-order valence-corrected chi connectivity index (χ3v) is 6.49. The topological polar surface area (TPSA) is 63.1 Å². The van der Waals surface area contributed by atoms with E-state index in [0.29, 0.717) is 6.54 Å². The number of hydrogen-bond donors (Lipinski definition) is 1. The number of piperidine rings is 1.